The molecule has 0 fully saturated rings. The van der Waals surface area contributed by atoms with Gasteiger partial charge in [0.15, 0.2) is 0 Å². The van der Waals surface area contributed by atoms with Crippen LogP contribution in [-0.2, 0) is 20.1 Å². The van der Waals surface area contributed by atoms with Gasteiger partial charge >= 0.3 is 0 Å². The first-order valence-corrected chi connectivity index (χ1v) is 13.8. The third-order valence-electron chi connectivity index (χ3n) is 7.22. The Kier molecular flexibility index (Phi) is 9.03. The van der Waals surface area contributed by atoms with Gasteiger partial charge in [-0.3, -0.25) is 0 Å². The zero-order valence-corrected chi connectivity index (χ0v) is 26.2. The van der Waals surface area contributed by atoms with Crippen molar-refractivity contribution >= 4 is 21.5 Å². The van der Waals surface area contributed by atoms with E-state index in [-0.39, 0.29) is 20.1 Å². The second-order valence-corrected chi connectivity index (χ2v) is 10.4. The molecule has 0 bridgehead atoms. The van der Waals surface area contributed by atoms with E-state index < -0.39 is 0 Å². The monoisotopic (exact) mass is 719 g/mol. The molecule has 0 aliphatic carbocycles. The fourth-order valence-electron chi connectivity index (χ4n) is 4.99. The molecule has 7 rings (SSSR count). The molecule has 3 heteroatoms. The summed E-state index contributed by atoms with van der Waals surface area (Å²) < 4.78 is 0. The molecule has 2 aromatic heterocycles. The van der Waals surface area contributed by atoms with Crippen LogP contribution in [0.15, 0.2) is 128 Å². The van der Waals surface area contributed by atoms with Gasteiger partial charge in [0.1, 0.15) is 0 Å². The van der Waals surface area contributed by atoms with E-state index in [1.165, 1.54) is 43.8 Å². The average Bonchev–Trinajstić information content (AvgIpc) is 3.02. The van der Waals surface area contributed by atoms with E-state index in [1.54, 1.807) is 0 Å². The van der Waals surface area contributed by atoms with Crippen molar-refractivity contribution in [2.24, 2.45) is 0 Å². The number of hydrogen-bond acceptors (Lipinski definition) is 2. The number of rotatable bonds is 3. The summed E-state index contributed by atoms with van der Waals surface area (Å²) in [6.07, 6.45) is 3.78. The summed E-state index contributed by atoms with van der Waals surface area (Å²) in [6.45, 7) is 6.15. The van der Waals surface area contributed by atoms with E-state index in [0.29, 0.717) is 0 Å². The van der Waals surface area contributed by atoms with Crippen LogP contribution in [0.25, 0.3) is 55.2 Å². The molecule has 5 aromatic carbocycles. The van der Waals surface area contributed by atoms with Crippen molar-refractivity contribution in [2.75, 3.05) is 0 Å². The zero-order chi connectivity index (χ0) is 28.2. The molecule has 0 saturated carbocycles. The maximum Gasteiger partial charge on any atom is 0.0190 e. The number of aromatic nitrogens is 2. The Morgan fingerprint density at radius 3 is 1.79 bits per heavy atom. The zero-order valence-electron chi connectivity index (χ0n) is 23.9. The summed E-state index contributed by atoms with van der Waals surface area (Å²) in [7, 11) is 0. The Morgan fingerprint density at radius 1 is 0.524 bits per heavy atom. The molecule has 0 unspecified atom stereocenters. The SMILES string of the molecule is Cc1c[c-]c(-c2ccc(C)cn2)cc1.Cc1ccc(-c2[c-]ccc(-c3cc4ccccc4c4ccccc34)c2)nc1.[Ir]. The van der Waals surface area contributed by atoms with Crippen molar-refractivity contribution in [3.05, 3.63) is 156 Å². The van der Waals surface area contributed by atoms with Crippen LogP contribution in [-0.4, -0.2) is 9.97 Å². The first-order chi connectivity index (χ1) is 20.0. The van der Waals surface area contributed by atoms with Crippen LogP contribution in [0.5, 0.6) is 0 Å². The van der Waals surface area contributed by atoms with Crippen molar-refractivity contribution in [1.29, 1.82) is 0 Å². The van der Waals surface area contributed by atoms with Crippen molar-refractivity contribution in [3.63, 3.8) is 0 Å². The molecular formula is C39H30IrN2-2. The first-order valence-electron chi connectivity index (χ1n) is 13.8. The molecule has 2 heterocycles. The molecule has 0 spiro atoms. The maximum atomic E-state index is 4.56. The number of pyridine rings is 2. The predicted molar refractivity (Wildman–Crippen MR) is 172 cm³/mol. The van der Waals surface area contributed by atoms with Gasteiger partial charge in [0, 0.05) is 32.5 Å². The topological polar surface area (TPSA) is 25.8 Å². The minimum Gasteiger partial charge on any atom is -0.304 e. The Labute approximate surface area is 261 Å². The average molecular weight is 719 g/mol. The summed E-state index contributed by atoms with van der Waals surface area (Å²) in [4.78, 5) is 8.91. The quantitative estimate of drug-likeness (QED) is 0.134. The van der Waals surface area contributed by atoms with E-state index in [1.807, 2.05) is 43.6 Å². The number of benzene rings is 5. The van der Waals surface area contributed by atoms with Gasteiger partial charge in [-0.25, -0.2) is 0 Å². The van der Waals surface area contributed by atoms with Crippen LogP contribution in [0.2, 0.25) is 0 Å². The maximum absolute atomic E-state index is 4.56. The van der Waals surface area contributed by atoms with Gasteiger partial charge in [0.05, 0.1) is 0 Å². The molecule has 0 saturated heterocycles. The summed E-state index contributed by atoms with van der Waals surface area (Å²) >= 11 is 0. The molecule has 7 aromatic rings. The summed E-state index contributed by atoms with van der Waals surface area (Å²) in [5.41, 5.74) is 10.0. The van der Waals surface area contributed by atoms with E-state index in [9.17, 15) is 0 Å². The molecule has 1 radical (unpaired) electrons. The van der Waals surface area contributed by atoms with Crippen molar-refractivity contribution < 1.29 is 20.1 Å². The van der Waals surface area contributed by atoms with Gasteiger partial charge in [-0.2, -0.15) is 0 Å². The minimum absolute atomic E-state index is 0. The molecule has 42 heavy (non-hydrogen) atoms. The molecule has 0 aliphatic rings. The van der Waals surface area contributed by atoms with Crippen molar-refractivity contribution in [2.45, 2.75) is 20.8 Å². The molecule has 0 atom stereocenters. The van der Waals surface area contributed by atoms with Crippen LogP contribution in [0, 0.1) is 32.9 Å². The number of nitrogens with zero attached hydrogens (tertiary/aromatic N) is 2. The minimum atomic E-state index is 0. The first kappa shape index (κ1) is 29.1. The van der Waals surface area contributed by atoms with E-state index in [4.69, 9.17) is 0 Å². The van der Waals surface area contributed by atoms with Crippen LogP contribution >= 0.6 is 0 Å². The second-order valence-electron chi connectivity index (χ2n) is 10.4. The number of aryl methyl sites for hydroxylation is 3. The normalized spacial score (nSPS) is 10.5. The molecular weight excluding hydrogens is 689 g/mol. The van der Waals surface area contributed by atoms with Gasteiger partial charge in [-0.1, -0.05) is 79.7 Å². The third-order valence-corrected chi connectivity index (χ3v) is 7.22. The third kappa shape index (κ3) is 6.39. The molecule has 0 aliphatic heterocycles. The fraction of sp³-hybridized carbons (Fsp3) is 0.0769. The second kappa shape index (κ2) is 13.0. The summed E-state index contributed by atoms with van der Waals surface area (Å²) in [5.74, 6) is 0. The fourth-order valence-corrected chi connectivity index (χ4v) is 4.99. The molecule has 2 nitrogen and oxygen atoms in total. The van der Waals surface area contributed by atoms with Gasteiger partial charge in [0.25, 0.3) is 0 Å². The van der Waals surface area contributed by atoms with Crippen LogP contribution in [0.1, 0.15) is 16.7 Å². The largest absolute Gasteiger partial charge is 0.304 e. The van der Waals surface area contributed by atoms with Crippen LogP contribution < -0.4 is 0 Å². The molecule has 207 valence electrons. The van der Waals surface area contributed by atoms with Crippen molar-refractivity contribution in [1.82, 2.24) is 9.97 Å². The van der Waals surface area contributed by atoms with E-state index in [0.717, 1.165) is 28.1 Å². The van der Waals surface area contributed by atoms with E-state index in [2.05, 4.69) is 127 Å². The standard InChI is InChI=1S/C26H18N.C13H12N.Ir/c1-18-13-14-26(27-17-18)21-9-6-8-19(15-21)25-16-20-7-2-3-10-22(20)23-11-4-5-12-24(23)25;1-10-3-6-12(7-4-10)13-8-5-11(2)9-14-13;/h2-8,10-17H,1H3;3-6,8-9H,1-2H3;/q2*-1;. The molecule has 0 amide bonds. The van der Waals surface area contributed by atoms with Gasteiger partial charge in [-0.05, 0) is 69.5 Å². The number of fused-ring (bicyclic) bond motifs is 3. The van der Waals surface area contributed by atoms with E-state index >= 15 is 0 Å². The van der Waals surface area contributed by atoms with Gasteiger partial charge in [0.2, 0.25) is 0 Å². The Balaban J connectivity index is 0.000000200. The molecule has 0 N–H and O–H groups in total. The summed E-state index contributed by atoms with van der Waals surface area (Å²) in [6, 6.07) is 46.7. The Bertz CT molecular complexity index is 1900. The predicted octanol–water partition coefficient (Wildman–Crippen LogP) is 9.99. The van der Waals surface area contributed by atoms with Gasteiger partial charge in [-0.15, -0.1) is 70.8 Å². The Morgan fingerprint density at radius 2 is 1.14 bits per heavy atom. The summed E-state index contributed by atoms with van der Waals surface area (Å²) in [5, 5.41) is 5.10. The van der Waals surface area contributed by atoms with Crippen molar-refractivity contribution in [3.8, 4) is 33.6 Å². The Hall–Kier alpha value is -4.43. The number of hydrogen-bond donors (Lipinski definition) is 0. The van der Waals surface area contributed by atoms with Crippen LogP contribution in [0.3, 0.4) is 0 Å². The van der Waals surface area contributed by atoms with Crippen LogP contribution in [0.4, 0.5) is 0 Å². The smallest absolute Gasteiger partial charge is 0.0190 e. The van der Waals surface area contributed by atoms with Gasteiger partial charge < -0.3 is 9.97 Å².